The fourth-order valence-corrected chi connectivity index (χ4v) is 1.85. The monoisotopic (exact) mass is 224 g/mol. The Hall–Kier alpha value is -2.29. The van der Waals surface area contributed by atoms with Gasteiger partial charge in [0.1, 0.15) is 11.4 Å². The third-order valence-corrected chi connectivity index (χ3v) is 2.80. The van der Waals surface area contributed by atoms with Gasteiger partial charge in [-0.3, -0.25) is 0 Å². The van der Waals surface area contributed by atoms with Crippen LogP contribution >= 0.6 is 0 Å². The number of fused-ring (bicyclic) bond motifs is 1. The molecular formula is C14H12N2O. The highest BCUT2D eigenvalue weighted by Gasteiger charge is 2.02. The van der Waals surface area contributed by atoms with Crippen molar-refractivity contribution in [2.45, 2.75) is 0 Å². The molecule has 0 bridgehead atoms. The summed E-state index contributed by atoms with van der Waals surface area (Å²) in [5, 5.41) is 1.13. The molecular weight excluding hydrogens is 212 g/mol. The Kier molecular flexibility index (Phi) is 2.29. The highest BCUT2D eigenvalue weighted by atomic mass is 16.5. The second-order valence-corrected chi connectivity index (χ2v) is 3.84. The highest BCUT2D eigenvalue weighted by molar-refractivity contribution is 5.78. The summed E-state index contributed by atoms with van der Waals surface area (Å²) in [7, 11) is 1.66. The minimum atomic E-state index is 0.856. The molecule has 2 heterocycles. The third kappa shape index (κ3) is 1.76. The number of pyridine rings is 1. The van der Waals surface area contributed by atoms with E-state index in [4.69, 9.17) is 4.74 Å². The van der Waals surface area contributed by atoms with Gasteiger partial charge in [0.15, 0.2) is 0 Å². The summed E-state index contributed by atoms with van der Waals surface area (Å²) >= 11 is 0. The van der Waals surface area contributed by atoms with Crippen LogP contribution in [-0.2, 0) is 0 Å². The maximum absolute atomic E-state index is 5.14. The number of H-pyrrole nitrogens is 1. The van der Waals surface area contributed by atoms with E-state index in [-0.39, 0.29) is 0 Å². The highest BCUT2D eigenvalue weighted by Crippen LogP contribution is 2.22. The van der Waals surface area contributed by atoms with Crippen LogP contribution in [0.5, 0.6) is 5.75 Å². The van der Waals surface area contributed by atoms with Crippen molar-refractivity contribution in [2.24, 2.45) is 0 Å². The van der Waals surface area contributed by atoms with Crippen LogP contribution in [0.25, 0.3) is 22.3 Å². The van der Waals surface area contributed by atoms with Gasteiger partial charge in [0.05, 0.1) is 12.8 Å². The summed E-state index contributed by atoms with van der Waals surface area (Å²) in [5.41, 5.74) is 2.96. The zero-order valence-corrected chi connectivity index (χ0v) is 9.47. The molecule has 1 N–H and O–H groups in total. The number of benzene rings is 1. The number of ether oxygens (including phenoxy) is 1. The minimum Gasteiger partial charge on any atom is -0.497 e. The average Bonchev–Trinajstić information content (AvgIpc) is 2.86. The number of aromatic amines is 1. The van der Waals surface area contributed by atoms with Gasteiger partial charge in [0, 0.05) is 17.1 Å². The van der Waals surface area contributed by atoms with Gasteiger partial charge >= 0.3 is 0 Å². The van der Waals surface area contributed by atoms with E-state index in [0.717, 1.165) is 28.0 Å². The number of aromatic nitrogens is 2. The normalized spacial score (nSPS) is 10.6. The van der Waals surface area contributed by atoms with Crippen LogP contribution in [0.15, 0.2) is 48.7 Å². The van der Waals surface area contributed by atoms with E-state index < -0.39 is 0 Å². The lowest BCUT2D eigenvalue weighted by atomic mass is 10.1. The fraction of sp³-hybridized carbons (Fsp3) is 0.0714. The van der Waals surface area contributed by atoms with Crippen LogP contribution in [0.3, 0.4) is 0 Å². The summed E-state index contributed by atoms with van der Waals surface area (Å²) < 4.78 is 5.14. The molecule has 3 rings (SSSR count). The van der Waals surface area contributed by atoms with Crippen molar-refractivity contribution < 1.29 is 4.74 Å². The third-order valence-electron chi connectivity index (χ3n) is 2.80. The topological polar surface area (TPSA) is 37.9 Å². The zero-order valence-electron chi connectivity index (χ0n) is 9.47. The molecule has 0 saturated carbocycles. The number of nitrogens with one attached hydrogen (secondary N) is 1. The summed E-state index contributed by atoms with van der Waals surface area (Å²) in [6.07, 6.45) is 1.90. The van der Waals surface area contributed by atoms with Gasteiger partial charge in [-0.2, -0.15) is 0 Å². The molecule has 0 amide bonds. The van der Waals surface area contributed by atoms with E-state index >= 15 is 0 Å². The Morgan fingerprint density at radius 3 is 2.59 bits per heavy atom. The number of hydrogen-bond donors (Lipinski definition) is 1. The molecule has 3 aromatic rings. The first-order valence-corrected chi connectivity index (χ1v) is 5.45. The maximum Gasteiger partial charge on any atom is 0.137 e. The van der Waals surface area contributed by atoms with Crippen molar-refractivity contribution in [3.63, 3.8) is 0 Å². The molecule has 0 unspecified atom stereocenters. The first-order chi connectivity index (χ1) is 8.36. The van der Waals surface area contributed by atoms with E-state index in [0.29, 0.717) is 0 Å². The molecule has 0 atom stereocenters. The van der Waals surface area contributed by atoms with Crippen LogP contribution < -0.4 is 4.74 Å². The molecule has 0 radical (unpaired) electrons. The maximum atomic E-state index is 5.14. The SMILES string of the molecule is COc1ccc(-c2ccc3cc[nH]c3n2)cc1. The second-order valence-electron chi connectivity index (χ2n) is 3.84. The van der Waals surface area contributed by atoms with Crippen molar-refractivity contribution in [1.29, 1.82) is 0 Å². The second kappa shape index (κ2) is 3.94. The summed E-state index contributed by atoms with van der Waals surface area (Å²) in [6.45, 7) is 0. The standard InChI is InChI=1S/C14H12N2O/c1-17-12-5-2-10(3-6-12)13-7-4-11-8-9-15-14(11)16-13/h2-9H,1H3,(H,15,16). The van der Waals surface area contributed by atoms with Gasteiger partial charge in [-0.15, -0.1) is 0 Å². The van der Waals surface area contributed by atoms with Gasteiger partial charge in [-0.25, -0.2) is 4.98 Å². The Balaban J connectivity index is 2.06. The summed E-state index contributed by atoms with van der Waals surface area (Å²) in [5.74, 6) is 0.856. The lowest BCUT2D eigenvalue weighted by molar-refractivity contribution is 0.415. The Labute approximate surface area is 99.1 Å². The molecule has 0 aliphatic carbocycles. The van der Waals surface area contributed by atoms with E-state index in [1.807, 2.05) is 42.6 Å². The van der Waals surface area contributed by atoms with Crippen molar-refractivity contribution in [3.8, 4) is 17.0 Å². The van der Waals surface area contributed by atoms with Gasteiger partial charge in [0.2, 0.25) is 0 Å². The van der Waals surface area contributed by atoms with Crippen molar-refractivity contribution in [2.75, 3.05) is 7.11 Å². The minimum absolute atomic E-state index is 0.856. The summed E-state index contributed by atoms with van der Waals surface area (Å²) in [6, 6.07) is 14.0. The fourth-order valence-electron chi connectivity index (χ4n) is 1.85. The van der Waals surface area contributed by atoms with Crippen molar-refractivity contribution in [3.05, 3.63) is 48.7 Å². The van der Waals surface area contributed by atoms with Crippen LogP contribution in [0.1, 0.15) is 0 Å². The van der Waals surface area contributed by atoms with Gasteiger partial charge in [-0.1, -0.05) is 0 Å². The molecule has 0 spiro atoms. The van der Waals surface area contributed by atoms with Crippen molar-refractivity contribution >= 4 is 11.0 Å². The lowest BCUT2D eigenvalue weighted by Gasteiger charge is -2.03. The van der Waals surface area contributed by atoms with E-state index in [1.165, 1.54) is 0 Å². The van der Waals surface area contributed by atoms with E-state index in [2.05, 4.69) is 16.0 Å². The first kappa shape index (κ1) is 9.90. The molecule has 0 saturated heterocycles. The van der Waals surface area contributed by atoms with Gasteiger partial charge in [-0.05, 0) is 42.5 Å². The largest absolute Gasteiger partial charge is 0.497 e. The lowest BCUT2D eigenvalue weighted by Crippen LogP contribution is -1.86. The smallest absolute Gasteiger partial charge is 0.137 e. The number of hydrogen-bond acceptors (Lipinski definition) is 2. The number of methoxy groups -OCH3 is 1. The van der Waals surface area contributed by atoms with E-state index in [1.54, 1.807) is 7.11 Å². The molecule has 84 valence electrons. The van der Waals surface area contributed by atoms with Gasteiger partial charge in [0.25, 0.3) is 0 Å². The van der Waals surface area contributed by atoms with Crippen LogP contribution in [0.2, 0.25) is 0 Å². The molecule has 2 aromatic heterocycles. The Morgan fingerprint density at radius 2 is 1.82 bits per heavy atom. The van der Waals surface area contributed by atoms with Crippen LogP contribution in [0, 0.1) is 0 Å². The molecule has 17 heavy (non-hydrogen) atoms. The molecule has 0 aliphatic rings. The molecule has 3 nitrogen and oxygen atoms in total. The summed E-state index contributed by atoms with van der Waals surface area (Å²) in [4.78, 5) is 7.68. The van der Waals surface area contributed by atoms with E-state index in [9.17, 15) is 0 Å². The number of rotatable bonds is 2. The number of nitrogens with zero attached hydrogens (tertiary/aromatic N) is 1. The Morgan fingerprint density at radius 1 is 1.00 bits per heavy atom. The zero-order chi connectivity index (χ0) is 11.7. The average molecular weight is 224 g/mol. The predicted octanol–water partition coefficient (Wildman–Crippen LogP) is 3.24. The van der Waals surface area contributed by atoms with Crippen LogP contribution in [-0.4, -0.2) is 17.1 Å². The molecule has 1 aromatic carbocycles. The molecule has 3 heteroatoms. The predicted molar refractivity (Wildman–Crippen MR) is 68.1 cm³/mol. The van der Waals surface area contributed by atoms with Crippen LogP contribution in [0.4, 0.5) is 0 Å². The molecule has 0 fully saturated rings. The Bertz CT molecular complexity index is 641. The van der Waals surface area contributed by atoms with Gasteiger partial charge < -0.3 is 9.72 Å². The first-order valence-electron chi connectivity index (χ1n) is 5.45. The quantitative estimate of drug-likeness (QED) is 0.725. The molecule has 0 aliphatic heterocycles. The van der Waals surface area contributed by atoms with Crippen molar-refractivity contribution in [1.82, 2.24) is 9.97 Å².